The van der Waals surface area contributed by atoms with Crippen molar-refractivity contribution in [2.24, 2.45) is 0 Å². The van der Waals surface area contributed by atoms with Crippen LogP contribution in [0.2, 0.25) is 0 Å². The minimum absolute atomic E-state index is 0.149. The van der Waals surface area contributed by atoms with E-state index < -0.39 is 29.8 Å². The van der Waals surface area contributed by atoms with E-state index in [1.165, 1.54) is 18.3 Å². The lowest BCUT2D eigenvalue weighted by Gasteiger charge is -2.17. The standard InChI is InChI=1S/C34H33FN6O4/c1-40(2)13-5-15-45-31-11-9-24(19-37-31)21-12-14-41-29(20-36-30(41)18-21)34(44)38-27-17-23(8-10-26(27)35)33(43)39-28-16-22-6-3-4-7-25(22)32(28)42/h3-4,6-12,14,17-20,28,32,42H,5,13,15-16H2,1-2H3,(H,38,44)(H,39,43)/t28-,32-/m1/s1. The Morgan fingerprint density at radius 3 is 2.64 bits per heavy atom. The van der Waals surface area contributed by atoms with Gasteiger partial charge in [-0.1, -0.05) is 24.3 Å². The Bertz CT molecular complexity index is 1860. The number of halogens is 1. The zero-order chi connectivity index (χ0) is 31.5. The van der Waals surface area contributed by atoms with Crippen LogP contribution in [-0.2, 0) is 6.42 Å². The molecule has 3 heterocycles. The zero-order valence-corrected chi connectivity index (χ0v) is 24.9. The second-order valence-electron chi connectivity index (χ2n) is 11.3. The highest BCUT2D eigenvalue weighted by Crippen LogP contribution is 2.31. The Morgan fingerprint density at radius 1 is 1.02 bits per heavy atom. The van der Waals surface area contributed by atoms with Crippen molar-refractivity contribution in [1.82, 2.24) is 24.6 Å². The van der Waals surface area contributed by atoms with Crippen LogP contribution in [0.4, 0.5) is 10.1 Å². The number of carbonyl (C=O) groups is 2. The maximum Gasteiger partial charge on any atom is 0.274 e. The molecule has 5 aromatic rings. The number of amides is 2. The molecule has 0 bridgehead atoms. The number of carbonyl (C=O) groups excluding carboxylic acids is 2. The van der Waals surface area contributed by atoms with Crippen molar-refractivity contribution >= 4 is 23.1 Å². The van der Waals surface area contributed by atoms with E-state index in [1.54, 1.807) is 16.8 Å². The van der Waals surface area contributed by atoms with Gasteiger partial charge in [-0.25, -0.2) is 14.4 Å². The molecule has 0 unspecified atom stereocenters. The van der Waals surface area contributed by atoms with Crippen LogP contribution < -0.4 is 15.4 Å². The van der Waals surface area contributed by atoms with E-state index >= 15 is 0 Å². The molecule has 2 atom stereocenters. The van der Waals surface area contributed by atoms with Gasteiger partial charge in [0.2, 0.25) is 5.88 Å². The lowest BCUT2D eigenvalue weighted by Crippen LogP contribution is -2.37. The average Bonchev–Trinajstić information content (AvgIpc) is 3.61. The number of aliphatic hydroxyl groups is 1. The zero-order valence-electron chi connectivity index (χ0n) is 24.9. The molecule has 3 aromatic heterocycles. The lowest BCUT2D eigenvalue weighted by molar-refractivity contribution is 0.0858. The normalized spacial score (nSPS) is 15.7. The monoisotopic (exact) mass is 608 g/mol. The molecule has 10 nitrogen and oxygen atoms in total. The molecular weight excluding hydrogens is 575 g/mol. The van der Waals surface area contributed by atoms with Crippen molar-refractivity contribution < 1.29 is 23.8 Å². The molecule has 0 aliphatic heterocycles. The Labute approximate surface area is 259 Å². The maximum atomic E-state index is 14.8. The topological polar surface area (TPSA) is 121 Å². The highest BCUT2D eigenvalue weighted by molar-refractivity contribution is 6.04. The Hall–Kier alpha value is -5.13. The number of anilines is 1. The molecule has 0 saturated heterocycles. The Kier molecular flexibility index (Phi) is 8.54. The number of benzene rings is 2. The summed E-state index contributed by atoms with van der Waals surface area (Å²) in [5, 5.41) is 16.0. The first-order chi connectivity index (χ1) is 21.8. The summed E-state index contributed by atoms with van der Waals surface area (Å²) in [6.45, 7) is 1.51. The largest absolute Gasteiger partial charge is 0.478 e. The fourth-order valence-electron chi connectivity index (χ4n) is 5.43. The van der Waals surface area contributed by atoms with Gasteiger partial charge < -0.3 is 25.4 Å². The predicted molar refractivity (Wildman–Crippen MR) is 168 cm³/mol. The van der Waals surface area contributed by atoms with Crippen molar-refractivity contribution in [2.75, 3.05) is 32.6 Å². The fourth-order valence-corrected chi connectivity index (χ4v) is 5.43. The van der Waals surface area contributed by atoms with E-state index in [-0.39, 0.29) is 16.9 Å². The first kappa shape index (κ1) is 29.9. The summed E-state index contributed by atoms with van der Waals surface area (Å²) in [5.74, 6) is -1.22. The van der Waals surface area contributed by atoms with Gasteiger partial charge in [0.15, 0.2) is 0 Å². The molecule has 230 valence electrons. The van der Waals surface area contributed by atoms with Crippen LogP contribution in [0, 0.1) is 5.82 Å². The van der Waals surface area contributed by atoms with Crippen LogP contribution in [0.3, 0.4) is 0 Å². The molecule has 2 aromatic carbocycles. The summed E-state index contributed by atoms with van der Waals surface area (Å²) >= 11 is 0. The molecule has 3 N–H and O–H groups in total. The molecule has 45 heavy (non-hydrogen) atoms. The minimum atomic E-state index is -0.840. The third-order valence-electron chi connectivity index (χ3n) is 7.80. The Balaban J connectivity index is 1.12. The van der Waals surface area contributed by atoms with Gasteiger partial charge in [-0.15, -0.1) is 0 Å². The average molecular weight is 609 g/mol. The van der Waals surface area contributed by atoms with E-state index in [2.05, 4.69) is 25.5 Å². The third kappa shape index (κ3) is 6.54. The second-order valence-corrected chi connectivity index (χ2v) is 11.3. The molecule has 0 fully saturated rings. The van der Waals surface area contributed by atoms with Gasteiger partial charge in [-0.05, 0) is 80.0 Å². The number of aliphatic hydroxyl groups excluding tert-OH is 1. The summed E-state index contributed by atoms with van der Waals surface area (Å²) in [6.07, 6.45) is 5.39. The molecule has 1 aliphatic rings. The third-order valence-corrected chi connectivity index (χ3v) is 7.80. The number of aromatic nitrogens is 3. The van der Waals surface area contributed by atoms with Crippen LogP contribution >= 0.6 is 0 Å². The van der Waals surface area contributed by atoms with Gasteiger partial charge >= 0.3 is 0 Å². The molecule has 0 saturated carbocycles. The first-order valence-electron chi connectivity index (χ1n) is 14.7. The van der Waals surface area contributed by atoms with Gasteiger partial charge in [0.05, 0.1) is 30.6 Å². The van der Waals surface area contributed by atoms with Crippen LogP contribution in [0.25, 0.3) is 16.8 Å². The number of nitrogens with one attached hydrogen (secondary N) is 2. The van der Waals surface area contributed by atoms with E-state index in [0.29, 0.717) is 24.6 Å². The predicted octanol–water partition coefficient (Wildman–Crippen LogP) is 4.51. The quantitative estimate of drug-likeness (QED) is 0.200. The van der Waals surface area contributed by atoms with E-state index in [1.807, 2.05) is 62.6 Å². The van der Waals surface area contributed by atoms with Gasteiger partial charge in [-0.2, -0.15) is 0 Å². The molecular formula is C34H33FN6O4. The molecule has 6 rings (SSSR count). The molecule has 0 radical (unpaired) electrons. The summed E-state index contributed by atoms with van der Waals surface area (Å²) in [7, 11) is 4.04. The smallest absolute Gasteiger partial charge is 0.274 e. The summed E-state index contributed by atoms with van der Waals surface area (Å²) in [6, 6.07) is 18.1. The molecule has 11 heteroatoms. The molecule has 1 aliphatic carbocycles. The maximum absolute atomic E-state index is 14.8. The number of fused-ring (bicyclic) bond motifs is 2. The van der Waals surface area contributed by atoms with Crippen LogP contribution in [0.1, 0.15) is 44.5 Å². The number of imidazole rings is 1. The SMILES string of the molecule is CN(C)CCCOc1ccc(-c2ccn3c(C(=O)Nc4cc(C(=O)N[C@@H]5Cc6ccccc6[C@H]5O)ccc4F)cnc3c2)cn1. The minimum Gasteiger partial charge on any atom is -0.478 e. The number of nitrogens with zero attached hydrogens (tertiary/aromatic N) is 4. The summed E-state index contributed by atoms with van der Waals surface area (Å²) in [5.41, 5.74) is 4.17. The summed E-state index contributed by atoms with van der Waals surface area (Å²) in [4.78, 5) is 37.1. The number of pyridine rings is 2. The van der Waals surface area contributed by atoms with Crippen LogP contribution in [0.15, 0.2) is 85.3 Å². The van der Waals surface area contributed by atoms with Crippen molar-refractivity contribution in [3.05, 3.63) is 114 Å². The van der Waals surface area contributed by atoms with E-state index in [9.17, 15) is 19.1 Å². The molecule has 0 spiro atoms. The van der Waals surface area contributed by atoms with E-state index in [4.69, 9.17) is 4.74 Å². The number of hydrogen-bond donors (Lipinski definition) is 3. The molecule has 2 amide bonds. The number of ether oxygens (including phenoxy) is 1. The van der Waals surface area contributed by atoms with E-state index in [0.717, 1.165) is 41.3 Å². The van der Waals surface area contributed by atoms with Crippen LogP contribution in [-0.4, -0.2) is 69.5 Å². The van der Waals surface area contributed by atoms with Gasteiger partial charge in [0, 0.05) is 36.1 Å². The van der Waals surface area contributed by atoms with Gasteiger partial charge in [-0.3, -0.25) is 14.0 Å². The number of rotatable bonds is 10. The van der Waals surface area contributed by atoms with Crippen molar-refractivity contribution in [3.8, 4) is 17.0 Å². The lowest BCUT2D eigenvalue weighted by atomic mass is 10.1. The fraction of sp³-hybridized carbons (Fsp3) is 0.235. The first-order valence-corrected chi connectivity index (χ1v) is 14.7. The summed E-state index contributed by atoms with van der Waals surface area (Å²) < 4.78 is 22.1. The Morgan fingerprint density at radius 2 is 1.87 bits per heavy atom. The van der Waals surface area contributed by atoms with Gasteiger partial charge in [0.1, 0.15) is 17.2 Å². The van der Waals surface area contributed by atoms with Crippen molar-refractivity contribution in [1.29, 1.82) is 0 Å². The number of hydrogen-bond acceptors (Lipinski definition) is 7. The van der Waals surface area contributed by atoms with Crippen molar-refractivity contribution in [3.63, 3.8) is 0 Å². The highest BCUT2D eigenvalue weighted by atomic mass is 19.1. The highest BCUT2D eigenvalue weighted by Gasteiger charge is 2.32. The van der Waals surface area contributed by atoms with Gasteiger partial charge in [0.25, 0.3) is 11.8 Å². The van der Waals surface area contributed by atoms with Crippen LogP contribution in [0.5, 0.6) is 5.88 Å². The van der Waals surface area contributed by atoms with Crippen molar-refractivity contribution in [2.45, 2.75) is 25.0 Å². The second kappa shape index (κ2) is 12.8.